The van der Waals surface area contributed by atoms with Crippen LogP contribution in [0.15, 0.2) is 47.4 Å². The number of hydrogen-bond acceptors (Lipinski definition) is 3. The molecule has 2 N–H and O–H groups in total. The van der Waals surface area contributed by atoms with E-state index < -0.39 is 0 Å². The smallest absolute Gasteiger partial charge is 0.0973 e. The van der Waals surface area contributed by atoms with Gasteiger partial charge >= 0.3 is 0 Å². The molecule has 0 fully saturated rings. The van der Waals surface area contributed by atoms with Gasteiger partial charge < -0.3 is 5.73 Å². The largest absolute Gasteiger partial charge is 0.330 e. The quantitative estimate of drug-likeness (QED) is 0.831. The summed E-state index contributed by atoms with van der Waals surface area (Å²) in [6.07, 6.45) is 4.07. The molecule has 18 heavy (non-hydrogen) atoms. The summed E-state index contributed by atoms with van der Waals surface area (Å²) in [6.45, 7) is 2.85. The lowest BCUT2D eigenvalue weighted by Crippen LogP contribution is -1.96. The molecule has 0 atom stereocenters. The molecular formula is C15H18N2S. The normalized spacial score (nSPS) is 11.8. The zero-order chi connectivity index (χ0) is 12.8. The maximum atomic E-state index is 5.49. The lowest BCUT2D eigenvalue weighted by molar-refractivity contribution is 0.978. The van der Waals surface area contributed by atoms with Gasteiger partial charge in [0.25, 0.3) is 0 Å². The van der Waals surface area contributed by atoms with E-state index in [0.717, 1.165) is 18.5 Å². The molecule has 1 heterocycles. The van der Waals surface area contributed by atoms with Gasteiger partial charge in [-0.1, -0.05) is 42.0 Å². The molecule has 1 aromatic carbocycles. The van der Waals surface area contributed by atoms with Gasteiger partial charge in [-0.15, -0.1) is 11.3 Å². The minimum atomic E-state index is 0.713. The number of benzene rings is 1. The van der Waals surface area contributed by atoms with Gasteiger partial charge in [-0.25, -0.2) is 4.98 Å². The van der Waals surface area contributed by atoms with Gasteiger partial charge in [0.1, 0.15) is 0 Å². The SMILES string of the molecule is CC(=CCCN)Cc1nc(-c2ccccc2)cs1. The zero-order valence-corrected chi connectivity index (χ0v) is 11.4. The van der Waals surface area contributed by atoms with E-state index in [1.807, 2.05) is 18.2 Å². The maximum absolute atomic E-state index is 5.49. The van der Waals surface area contributed by atoms with Crippen LogP contribution in [0.1, 0.15) is 18.4 Å². The summed E-state index contributed by atoms with van der Waals surface area (Å²) in [4.78, 5) is 4.67. The zero-order valence-electron chi connectivity index (χ0n) is 10.6. The Morgan fingerprint density at radius 2 is 2.11 bits per heavy atom. The fraction of sp³-hybridized carbons (Fsp3) is 0.267. The highest BCUT2D eigenvalue weighted by molar-refractivity contribution is 7.10. The molecule has 2 rings (SSSR count). The standard InChI is InChI=1S/C15H18N2S/c1-12(6-5-9-16)10-15-17-14(11-18-15)13-7-3-2-4-8-13/h2-4,6-8,11H,5,9-10,16H2,1H3. The predicted molar refractivity (Wildman–Crippen MR) is 78.7 cm³/mol. The average molecular weight is 258 g/mol. The van der Waals surface area contributed by atoms with E-state index in [0.29, 0.717) is 6.54 Å². The van der Waals surface area contributed by atoms with Crippen molar-refractivity contribution in [3.63, 3.8) is 0 Å². The van der Waals surface area contributed by atoms with Crippen molar-refractivity contribution >= 4 is 11.3 Å². The third kappa shape index (κ3) is 3.52. The van der Waals surface area contributed by atoms with Crippen molar-refractivity contribution in [2.45, 2.75) is 19.8 Å². The van der Waals surface area contributed by atoms with E-state index in [1.165, 1.54) is 16.1 Å². The number of nitrogens with two attached hydrogens (primary N) is 1. The summed E-state index contributed by atoms with van der Waals surface area (Å²) in [7, 11) is 0. The van der Waals surface area contributed by atoms with Crippen molar-refractivity contribution in [1.29, 1.82) is 0 Å². The molecule has 0 aliphatic heterocycles. The molecule has 1 aromatic heterocycles. The highest BCUT2D eigenvalue weighted by Crippen LogP contribution is 2.23. The second kappa shape index (κ2) is 6.47. The molecule has 0 aliphatic carbocycles. The van der Waals surface area contributed by atoms with Crippen LogP contribution in [0, 0.1) is 0 Å². The highest BCUT2D eigenvalue weighted by Gasteiger charge is 2.04. The van der Waals surface area contributed by atoms with Gasteiger partial charge in [0, 0.05) is 17.4 Å². The average Bonchev–Trinajstić information content (AvgIpc) is 2.86. The Morgan fingerprint density at radius 1 is 1.33 bits per heavy atom. The van der Waals surface area contributed by atoms with E-state index in [4.69, 9.17) is 5.73 Å². The first-order valence-electron chi connectivity index (χ1n) is 6.15. The second-order valence-corrected chi connectivity index (χ2v) is 5.24. The van der Waals surface area contributed by atoms with Crippen molar-refractivity contribution in [1.82, 2.24) is 4.98 Å². The number of allylic oxidation sites excluding steroid dienone is 1. The van der Waals surface area contributed by atoms with Gasteiger partial charge in [-0.3, -0.25) is 0 Å². The number of nitrogens with zero attached hydrogens (tertiary/aromatic N) is 1. The van der Waals surface area contributed by atoms with E-state index >= 15 is 0 Å². The molecule has 0 bridgehead atoms. The van der Waals surface area contributed by atoms with Crippen molar-refractivity contribution in [3.8, 4) is 11.3 Å². The molecular weight excluding hydrogens is 240 g/mol. The number of hydrogen-bond donors (Lipinski definition) is 1. The van der Waals surface area contributed by atoms with Gasteiger partial charge in [-0.2, -0.15) is 0 Å². The Hall–Kier alpha value is -1.45. The molecule has 0 radical (unpaired) electrons. The monoisotopic (exact) mass is 258 g/mol. The maximum Gasteiger partial charge on any atom is 0.0973 e. The first-order valence-corrected chi connectivity index (χ1v) is 7.03. The number of rotatable bonds is 5. The molecule has 0 unspecified atom stereocenters. The van der Waals surface area contributed by atoms with Crippen LogP contribution < -0.4 is 5.73 Å². The van der Waals surface area contributed by atoms with Crippen molar-refractivity contribution in [2.75, 3.05) is 6.54 Å². The minimum absolute atomic E-state index is 0.713. The molecule has 3 heteroatoms. The van der Waals surface area contributed by atoms with Crippen molar-refractivity contribution in [3.05, 3.63) is 52.4 Å². The summed E-state index contributed by atoms with van der Waals surface area (Å²) in [6, 6.07) is 10.3. The van der Waals surface area contributed by atoms with Crippen LogP contribution in [0.25, 0.3) is 11.3 Å². The second-order valence-electron chi connectivity index (χ2n) is 4.30. The summed E-state index contributed by atoms with van der Waals surface area (Å²) in [5.41, 5.74) is 9.09. The van der Waals surface area contributed by atoms with Crippen LogP contribution in [-0.2, 0) is 6.42 Å². The van der Waals surface area contributed by atoms with Crippen LogP contribution >= 0.6 is 11.3 Å². The number of thiazole rings is 1. The van der Waals surface area contributed by atoms with Gasteiger partial charge in [0.15, 0.2) is 0 Å². The van der Waals surface area contributed by atoms with Gasteiger partial charge in [0.2, 0.25) is 0 Å². The first-order chi connectivity index (χ1) is 8.79. The predicted octanol–water partition coefficient (Wildman–Crippen LogP) is 3.65. The van der Waals surface area contributed by atoms with Crippen LogP contribution in [0.4, 0.5) is 0 Å². The van der Waals surface area contributed by atoms with Crippen LogP contribution in [0.2, 0.25) is 0 Å². The molecule has 0 saturated carbocycles. The Morgan fingerprint density at radius 3 is 2.83 bits per heavy atom. The van der Waals surface area contributed by atoms with E-state index in [-0.39, 0.29) is 0 Å². The van der Waals surface area contributed by atoms with Gasteiger partial charge in [0.05, 0.1) is 10.7 Å². The fourth-order valence-corrected chi connectivity index (χ4v) is 2.67. The first kappa shape index (κ1) is 13.0. The lowest BCUT2D eigenvalue weighted by Gasteiger charge is -1.97. The third-order valence-corrected chi connectivity index (χ3v) is 3.56. The molecule has 94 valence electrons. The van der Waals surface area contributed by atoms with Crippen LogP contribution in [0.3, 0.4) is 0 Å². The fourth-order valence-electron chi connectivity index (χ4n) is 1.77. The summed E-state index contributed by atoms with van der Waals surface area (Å²) < 4.78 is 0. The molecule has 0 aliphatic rings. The summed E-state index contributed by atoms with van der Waals surface area (Å²) >= 11 is 1.72. The van der Waals surface area contributed by atoms with E-state index in [2.05, 4.69) is 35.5 Å². The van der Waals surface area contributed by atoms with Crippen molar-refractivity contribution in [2.24, 2.45) is 5.73 Å². The highest BCUT2D eigenvalue weighted by atomic mass is 32.1. The molecule has 0 spiro atoms. The molecule has 0 amide bonds. The Balaban J connectivity index is 2.07. The minimum Gasteiger partial charge on any atom is -0.330 e. The molecule has 0 saturated heterocycles. The molecule has 2 nitrogen and oxygen atoms in total. The Labute approximate surface area is 112 Å². The topological polar surface area (TPSA) is 38.9 Å². The Bertz CT molecular complexity index is 514. The summed E-state index contributed by atoms with van der Waals surface area (Å²) in [5, 5.41) is 3.29. The Kier molecular flexibility index (Phi) is 4.67. The van der Waals surface area contributed by atoms with Gasteiger partial charge in [-0.05, 0) is 19.9 Å². The van der Waals surface area contributed by atoms with Crippen molar-refractivity contribution < 1.29 is 0 Å². The number of aromatic nitrogens is 1. The van der Waals surface area contributed by atoms with Crippen LogP contribution in [-0.4, -0.2) is 11.5 Å². The summed E-state index contributed by atoms with van der Waals surface area (Å²) in [5.74, 6) is 0. The molecule has 2 aromatic rings. The van der Waals surface area contributed by atoms with E-state index in [9.17, 15) is 0 Å². The van der Waals surface area contributed by atoms with E-state index in [1.54, 1.807) is 11.3 Å². The third-order valence-electron chi connectivity index (χ3n) is 2.71. The van der Waals surface area contributed by atoms with Crippen LogP contribution in [0.5, 0.6) is 0 Å². The lowest BCUT2D eigenvalue weighted by atomic mass is 10.1.